The summed E-state index contributed by atoms with van der Waals surface area (Å²) in [6.07, 6.45) is 1.91. The maximum atomic E-state index is 12.0. The summed E-state index contributed by atoms with van der Waals surface area (Å²) in [5, 5.41) is 3.15. The number of nitrogens with one attached hydrogen (secondary N) is 1. The lowest BCUT2D eigenvalue weighted by molar-refractivity contribution is -0.138. The zero-order valence-corrected chi connectivity index (χ0v) is 15.9. The minimum absolute atomic E-state index is 0.148. The minimum Gasteiger partial charge on any atom is -0.487 e. The van der Waals surface area contributed by atoms with Crippen LogP contribution in [0.15, 0.2) is 48.7 Å². The lowest BCUT2D eigenvalue weighted by Gasteiger charge is -2.42. The van der Waals surface area contributed by atoms with E-state index in [0.717, 1.165) is 5.56 Å². The third-order valence-corrected chi connectivity index (χ3v) is 4.92. The van der Waals surface area contributed by atoms with Crippen molar-refractivity contribution in [3.63, 3.8) is 0 Å². The van der Waals surface area contributed by atoms with Crippen molar-refractivity contribution >= 4 is 18.0 Å². The molecule has 2 heterocycles. The Morgan fingerprint density at radius 3 is 2.61 bits per heavy atom. The van der Waals surface area contributed by atoms with Crippen LogP contribution in [0.2, 0.25) is 0 Å². The summed E-state index contributed by atoms with van der Waals surface area (Å²) in [7, 11) is 0. The monoisotopic (exact) mass is 381 g/mol. The van der Waals surface area contributed by atoms with Gasteiger partial charge >= 0.3 is 0 Å². The number of ketones is 1. The van der Waals surface area contributed by atoms with Gasteiger partial charge in [-0.25, -0.2) is 0 Å². The maximum Gasteiger partial charge on any atom is 0.219 e. The van der Waals surface area contributed by atoms with Gasteiger partial charge in [0.1, 0.15) is 12.4 Å². The number of nitrogens with zero attached hydrogens (tertiary/aromatic N) is 2. The van der Waals surface area contributed by atoms with Crippen molar-refractivity contribution in [2.75, 3.05) is 6.54 Å². The van der Waals surface area contributed by atoms with E-state index in [1.54, 1.807) is 17.2 Å². The van der Waals surface area contributed by atoms with Crippen LogP contribution in [-0.2, 0) is 21.0 Å². The Hall–Kier alpha value is -3.06. The largest absolute Gasteiger partial charge is 0.487 e. The third kappa shape index (κ3) is 4.43. The van der Waals surface area contributed by atoms with Gasteiger partial charge in [-0.15, -0.1) is 0 Å². The topological polar surface area (TPSA) is 88.6 Å². The first kappa shape index (κ1) is 19.7. The van der Waals surface area contributed by atoms with Crippen molar-refractivity contribution in [1.82, 2.24) is 15.2 Å². The molecular weight excluding hydrogens is 358 g/mol. The fourth-order valence-corrected chi connectivity index (χ4v) is 3.36. The highest BCUT2D eigenvalue weighted by Gasteiger charge is 2.38. The number of Topliss-reactive ketones (excluding diaryl/α,β-unsaturated/α-hetero) is 1. The number of aldehydes is 1. The van der Waals surface area contributed by atoms with Crippen LogP contribution in [0.3, 0.4) is 0 Å². The van der Waals surface area contributed by atoms with Crippen molar-refractivity contribution in [2.24, 2.45) is 0 Å². The number of aromatic nitrogens is 1. The summed E-state index contributed by atoms with van der Waals surface area (Å²) in [4.78, 5) is 40.8. The van der Waals surface area contributed by atoms with Crippen LogP contribution < -0.4 is 10.1 Å². The highest BCUT2D eigenvalue weighted by molar-refractivity contribution is 6.27. The number of hydrogen-bond donors (Lipinski definition) is 1. The average Bonchev–Trinajstić information content (AvgIpc) is 2.73. The van der Waals surface area contributed by atoms with Crippen molar-refractivity contribution in [1.29, 1.82) is 0 Å². The summed E-state index contributed by atoms with van der Waals surface area (Å²) in [6, 6.07) is 12.1. The molecule has 1 aliphatic rings. The van der Waals surface area contributed by atoms with E-state index in [4.69, 9.17) is 4.74 Å². The van der Waals surface area contributed by atoms with Crippen LogP contribution in [0.25, 0.3) is 0 Å². The molecule has 1 fully saturated rings. The van der Waals surface area contributed by atoms with Gasteiger partial charge in [0.25, 0.3) is 0 Å². The smallest absolute Gasteiger partial charge is 0.219 e. The maximum absolute atomic E-state index is 12.0. The van der Waals surface area contributed by atoms with Gasteiger partial charge < -0.3 is 9.64 Å². The van der Waals surface area contributed by atoms with Gasteiger partial charge in [0, 0.05) is 19.5 Å². The molecule has 0 saturated carbocycles. The molecule has 146 valence electrons. The molecule has 1 aromatic carbocycles. The van der Waals surface area contributed by atoms with Gasteiger partial charge in [-0.2, -0.15) is 0 Å². The number of carbonyl (C=O) groups is 3. The van der Waals surface area contributed by atoms with E-state index < -0.39 is 11.8 Å². The van der Waals surface area contributed by atoms with Crippen LogP contribution in [0.4, 0.5) is 0 Å². The van der Waals surface area contributed by atoms with Gasteiger partial charge in [0.15, 0.2) is 6.29 Å². The Kier molecular flexibility index (Phi) is 6.16. The molecule has 0 bridgehead atoms. The highest BCUT2D eigenvalue weighted by atomic mass is 16.5. The highest BCUT2D eigenvalue weighted by Crippen LogP contribution is 2.26. The fraction of sp³-hybridized carbons (Fsp3) is 0.333. The predicted octanol–water partition coefficient (Wildman–Crippen LogP) is 1.68. The average molecular weight is 381 g/mol. The molecule has 3 atom stereocenters. The van der Waals surface area contributed by atoms with Crippen LogP contribution in [-0.4, -0.2) is 46.5 Å². The Morgan fingerprint density at radius 2 is 2.00 bits per heavy atom. The number of piperazine rings is 1. The number of rotatable bonds is 6. The number of carbonyl (C=O) groups excluding carboxylic acids is 3. The van der Waals surface area contributed by atoms with E-state index in [1.165, 1.54) is 6.92 Å². The second-order valence-corrected chi connectivity index (χ2v) is 6.82. The minimum atomic E-state index is -0.738. The van der Waals surface area contributed by atoms with Crippen LogP contribution >= 0.6 is 0 Å². The standard InChI is InChI=1S/C21H23N3O4/c1-14-21(23-19(20(27)12-25)11-24(14)15(2)26)18-9-8-17(10-22-18)28-13-16-6-4-3-5-7-16/h3-10,12,14,19,21,23H,11,13H2,1-2H3. The summed E-state index contributed by atoms with van der Waals surface area (Å²) < 4.78 is 5.75. The second-order valence-electron chi connectivity index (χ2n) is 6.82. The van der Waals surface area contributed by atoms with Crippen molar-refractivity contribution in [3.05, 3.63) is 59.9 Å². The van der Waals surface area contributed by atoms with Gasteiger partial charge in [-0.3, -0.25) is 24.7 Å². The predicted molar refractivity (Wildman–Crippen MR) is 103 cm³/mol. The number of hydrogen-bond acceptors (Lipinski definition) is 6. The molecule has 0 spiro atoms. The number of pyridine rings is 1. The first-order valence-electron chi connectivity index (χ1n) is 9.14. The van der Waals surface area contributed by atoms with Crippen molar-refractivity contribution in [2.45, 2.75) is 38.6 Å². The molecule has 1 saturated heterocycles. The van der Waals surface area contributed by atoms with Crippen LogP contribution in [0, 0.1) is 0 Å². The summed E-state index contributed by atoms with van der Waals surface area (Å²) in [5.74, 6) is -0.100. The molecule has 1 amide bonds. The Labute approximate surface area is 163 Å². The van der Waals surface area contributed by atoms with E-state index in [0.29, 0.717) is 18.1 Å². The molecule has 2 aromatic rings. The quantitative estimate of drug-likeness (QED) is 0.605. The van der Waals surface area contributed by atoms with Crippen molar-refractivity contribution < 1.29 is 19.1 Å². The van der Waals surface area contributed by atoms with Crippen LogP contribution in [0.5, 0.6) is 5.75 Å². The molecule has 1 aromatic heterocycles. The number of benzene rings is 1. The number of ether oxygens (including phenoxy) is 1. The zero-order chi connectivity index (χ0) is 20.1. The zero-order valence-electron chi connectivity index (χ0n) is 15.9. The van der Waals surface area contributed by atoms with Gasteiger partial charge in [-0.05, 0) is 24.6 Å². The van der Waals surface area contributed by atoms with E-state index in [9.17, 15) is 14.4 Å². The Morgan fingerprint density at radius 1 is 1.25 bits per heavy atom. The van der Waals surface area contributed by atoms with E-state index in [1.807, 2.05) is 43.3 Å². The molecule has 0 radical (unpaired) electrons. The molecule has 28 heavy (non-hydrogen) atoms. The second kappa shape index (κ2) is 8.75. The fourth-order valence-electron chi connectivity index (χ4n) is 3.36. The van der Waals surface area contributed by atoms with Gasteiger partial charge in [0.2, 0.25) is 11.7 Å². The molecule has 7 nitrogen and oxygen atoms in total. The van der Waals surface area contributed by atoms with E-state index >= 15 is 0 Å². The molecule has 1 N–H and O–H groups in total. The molecule has 3 unspecified atom stereocenters. The number of amides is 1. The molecule has 3 rings (SSSR count). The molecule has 0 aliphatic carbocycles. The summed E-state index contributed by atoms with van der Waals surface area (Å²) in [5.41, 5.74) is 1.73. The Bertz CT molecular complexity index is 838. The van der Waals surface area contributed by atoms with Crippen LogP contribution in [0.1, 0.15) is 31.1 Å². The van der Waals surface area contributed by atoms with Crippen molar-refractivity contribution in [3.8, 4) is 5.75 Å². The molecule has 1 aliphatic heterocycles. The Balaban J connectivity index is 1.73. The van der Waals surface area contributed by atoms with E-state index in [-0.39, 0.29) is 30.8 Å². The first-order valence-corrected chi connectivity index (χ1v) is 9.14. The lowest BCUT2D eigenvalue weighted by Crippen LogP contribution is -2.61. The summed E-state index contributed by atoms with van der Waals surface area (Å²) in [6.45, 7) is 3.95. The molecular formula is C21H23N3O4. The summed E-state index contributed by atoms with van der Waals surface area (Å²) >= 11 is 0. The molecule has 7 heteroatoms. The lowest BCUT2D eigenvalue weighted by atomic mass is 9.96. The van der Waals surface area contributed by atoms with Gasteiger partial charge in [0.05, 0.1) is 24.0 Å². The first-order chi connectivity index (χ1) is 13.5. The SMILES string of the molecule is CC(=O)N1CC(C(=O)C=O)NC(c2ccc(OCc3ccccc3)cn2)C1C. The third-order valence-electron chi connectivity index (χ3n) is 4.92. The van der Waals surface area contributed by atoms with Gasteiger partial charge in [-0.1, -0.05) is 30.3 Å². The normalized spacial score (nSPS) is 21.8. The van der Waals surface area contributed by atoms with E-state index in [2.05, 4.69) is 10.3 Å².